The molecule has 88 valence electrons. The number of pyridine rings is 1. The Morgan fingerprint density at radius 2 is 2.12 bits per heavy atom. The third kappa shape index (κ3) is 2.87. The Balaban J connectivity index is 2.31. The van der Waals surface area contributed by atoms with Gasteiger partial charge < -0.3 is 4.74 Å². The van der Waals surface area contributed by atoms with Crippen molar-refractivity contribution in [2.75, 3.05) is 0 Å². The van der Waals surface area contributed by atoms with Crippen molar-refractivity contribution in [3.8, 4) is 11.6 Å². The van der Waals surface area contributed by atoms with Crippen LogP contribution in [0.15, 0.2) is 36.5 Å². The lowest BCUT2D eigenvalue weighted by Gasteiger charge is -2.08. The molecule has 0 aliphatic carbocycles. The summed E-state index contributed by atoms with van der Waals surface area (Å²) in [5, 5.41) is 0.313. The maximum absolute atomic E-state index is 13.5. The Morgan fingerprint density at radius 1 is 1.29 bits per heavy atom. The van der Waals surface area contributed by atoms with Crippen molar-refractivity contribution in [1.29, 1.82) is 0 Å². The van der Waals surface area contributed by atoms with E-state index in [1.807, 2.05) is 0 Å². The number of alkyl halides is 1. The van der Waals surface area contributed by atoms with E-state index in [0.717, 1.165) is 0 Å². The van der Waals surface area contributed by atoms with E-state index in [4.69, 9.17) is 27.9 Å². The second kappa shape index (κ2) is 5.34. The SMILES string of the molecule is Fc1cc(Cl)ccc1Oc1ncccc1CCl. The molecule has 0 bridgehead atoms. The highest BCUT2D eigenvalue weighted by molar-refractivity contribution is 6.30. The minimum Gasteiger partial charge on any atom is -0.436 e. The topological polar surface area (TPSA) is 22.1 Å². The molecule has 0 N–H and O–H groups in total. The monoisotopic (exact) mass is 271 g/mol. The van der Waals surface area contributed by atoms with Crippen molar-refractivity contribution in [2.24, 2.45) is 0 Å². The number of ether oxygens (including phenoxy) is 1. The van der Waals surface area contributed by atoms with Gasteiger partial charge in [0.15, 0.2) is 11.6 Å². The van der Waals surface area contributed by atoms with Crippen LogP contribution < -0.4 is 4.74 Å². The molecule has 1 heterocycles. The highest BCUT2D eigenvalue weighted by Gasteiger charge is 2.09. The maximum Gasteiger partial charge on any atom is 0.223 e. The fourth-order valence-electron chi connectivity index (χ4n) is 1.28. The van der Waals surface area contributed by atoms with E-state index in [0.29, 0.717) is 16.5 Å². The molecule has 2 rings (SSSR count). The average Bonchev–Trinajstić information content (AvgIpc) is 2.33. The lowest BCUT2D eigenvalue weighted by atomic mass is 10.3. The van der Waals surface area contributed by atoms with Gasteiger partial charge in [-0.2, -0.15) is 0 Å². The third-order valence-electron chi connectivity index (χ3n) is 2.09. The third-order valence-corrected chi connectivity index (χ3v) is 2.62. The largest absolute Gasteiger partial charge is 0.436 e. The molecule has 0 aliphatic rings. The van der Waals surface area contributed by atoms with Crippen molar-refractivity contribution >= 4 is 23.2 Å². The number of aromatic nitrogens is 1. The van der Waals surface area contributed by atoms with E-state index >= 15 is 0 Å². The Bertz CT molecular complexity index is 534. The second-order valence-corrected chi connectivity index (χ2v) is 3.98. The summed E-state index contributed by atoms with van der Waals surface area (Å²) in [5.74, 6) is 0.0742. The van der Waals surface area contributed by atoms with E-state index in [-0.39, 0.29) is 11.6 Å². The molecular weight excluding hydrogens is 264 g/mol. The minimum absolute atomic E-state index is 0.0690. The molecule has 5 heteroatoms. The van der Waals surface area contributed by atoms with Crippen LogP contribution in [0, 0.1) is 5.82 Å². The molecule has 0 radical (unpaired) electrons. The van der Waals surface area contributed by atoms with E-state index in [9.17, 15) is 4.39 Å². The highest BCUT2D eigenvalue weighted by atomic mass is 35.5. The van der Waals surface area contributed by atoms with Crippen LogP contribution in [0.3, 0.4) is 0 Å². The zero-order valence-electron chi connectivity index (χ0n) is 8.66. The van der Waals surface area contributed by atoms with Crippen molar-refractivity contribution < 1.29 is 9.13 Å². The van der Waals surface area contributed by atoms with Crippen LogP contribution in [0.5, 0.6) is 11.6 Å². The molecule has 1 aromatic heterocycles. The van der Waals surface area contributed by atoms with Gasteiger partial charge in [-0.15, -0.1) is 11.6 Å². The Hall–Kier alpha value is -1.32. The van der Waals surface area contributed by atoms with Crippen LogP contribution in [0.4, 0.5) is 4.39 Å². The molecule has 0 saturated heterocycles. The molecule has 0 fully saturated rings. The van der Waals surface area contributed by atoms with E-state index in [1.165, 1.54) is 12.1 Å². The number of rotatable bonds is 3. The van der Waals surface area contributed by atoms with Crippen LogP contribution in [0.25, 0.3) is 0 Å². The van der Waals surface area contributed by atoms with Crippen molar-refractivity contribution in [2.45, 2.75) is 5.88 Å². The van der Waals surface area contributed by atoms with Crippen LogP contribution >= 0.6 is 23.2 Å². The second-order valence-electron chi connectivity index (χ2n) is 3.28. The molecule has 0 saturated carbocycles. The number of hydrogen-bond donors (Lipinski definition) is 0. The fraction of sp³-hybridized carbons (Fsp3) is 0.0833. The Kier molecular flexibility index (Phi) is 3.82. The molecule has 0 unspecified atom stereocenters. The average molecular weight is 272 g/mol. The summed E-state index contributed by atoms with van der Waals surface area (Å²) in [4.78, 5) is 4.00. The smallest absolute Gasteiger partial charge is 0.223 e. The van der Waals surface area contributed by atoms with Crippen molar-refractivity contribution in [3.63, 3.8) is 0 Å². The molecule has 2 nitrogen and oxygen atoms in total. The van der Waals surface area contributed by atoms with Gasteiger partial charge in [-0.1, -0.05) is 17.7 Å². The van der Waals surface area contributed by atoms with Gasteiger partial charge >= 0.3 is 0 Å². The standard InChI is InChI=1S/C12H8Cl2FNO/c13-7-8-2-1-5-16-12(8)17-11-4-3-9(14)6-10(11)15/h1-6H,7H2. The number of hydrogen-bond acceptors (Lipinski definition) is 2. The van der Waals surface area contributed by atoms with E-state index in [2.05, 4.69) is 4.98 Å². The zero-order chi connectivity index (χ0) is 12.3. The van der Waals surface area contributed by atoms with E-state index in [1.54, 1.807) is 24.4 Å². The van der Waals surface area contributed by atoms with Gasteiger partial charge in [-0.3, -0.25) is 0 Å². The summed E-state index contributed by atoms with van der Waals surface area (Å²) in [6.45, 7) is 0. The molecule has 2 aromatic rings. The molecule has 1 aromatic carbocycles. The van der Waals surface area contributed by atoms with Gasteiger partial charge in [0.05, 0.1) is 5.88 Å². The summed E-state index contributed by atoms with van der Waals surface area (Å²) in [5.41, 5.74) is 0.698. The van der Waals surface area contributed by atoms with Crippen LogP contribution in [0.1, 0.15) is 5.56 Å². The van der Waals surface area contributed by atoms with Gasteiger partial charge in [0.25, 0.3) is 0 Å². The van der Waals surface area contributed by atoms with Gasteiger partial charge in [0.1, 0.15) is 0 Å². The molecular formula is C12H8Cl2FNO. The number of halogens is 3. The van der Waals surface area contributed by atoms with Gasteiger partial charge in [-0.05, 0) is 24.3 Å². The summed E-state index contributed by atoms with van der Waals surface area (Å²) >= 11 is 11.4. The molecule has 0 spiro atoms. The highest BCUT2D eigenvalue weighted by Crippen LogP contribution is 2.27. The zero-order valence-corrected chi connectivity index (χ0v) is 10.2. The van der Waals surface area contributed by atoms with Gasteiger partial charge in [0.2, 0.25) is 5.88 Å². The van der Waals surface area contributed by atoms with Crippen molar-refractivity contribution in [3.05, 3.63) is 52.9 Å². The molecule has 0 atom stereocenters. The first-order chi connectivity index (χ1) is 8.20. The first-order valence-electron chi connectivity index (χ1n) is 4.83. The van der Waals surface area contributed by atoms with Crippen LogP contribution in [-0.4, -0.2) is 4.98 Å². The van der Waals surface area contributed by atoms with E-state index < -0.39 is 5.82 Å². The van der Waals surface area contributed by atoms with Crippen LogP contribution in [-0.2, 0) is 5.88 Å². The quantitative estimate of drug-likeness (QED) is 0.772. The maximum atomic E-state index is 13.5. The first-order valence-corrected chi connectivity index (χ1v) is 5.74. The first kappa shape index (κ1) is 12.1. The summed E-state index contributed by atoms with van der Waals surface area (Å²) in [7, 11) is 0. The lowest BCUT2D eigenvalue weighted by molar-refractivity contribution is 0.424. The minimum atomic E-state index is -0.538. The Morgan fingerprint density at radius 3 is 2.82 bits per heavy atom. The summed E-state index contributed by atoms with van der Waals surface area (Å²) < 4.78 is 18.9. The molecule has 0 aliphatic heterocycles. The lowest BCUT2D eigenvalue weighted by Crippen LogP contribution is -1.94. The predicted octanol–water partition coefficient (Wildman–Crippen LogP) is 4.41. The number of benzene rings is 1. The fourth-order valence-corrected chi connectivity index (χ4v) is 1.64. The Labute approximate surface area is 108 Å². The van der Waals surface area contributed by atoms with Gasteiger partial charge in [0, 0.05) is 16.8 Å². The normalized spacial score (nSPS) is 10.3. The predicted molar refractivity (Wildman–Crippen MR) is 65.3 cm³/mol. The van der Waals surface area contributed by atoms with Crippen molar-refractivity contribution in [1.82, 2.24) is 4.98 Å². The van der Waals surface area contributed by atoms with Gasteiger partial charge in [-0.25, -0.2) is 9.37 Å². The van der Waals surface area contributed by atoms with Crippen LogP contribution in [0.2, 0.25) is 5.02 Å². The number of nitrogens with zero attached hydrogens (tertiary/aromatic N) is 1. The molecule has 17 heavy (non-hydrogen) atoms. The summed E-state index contributed by atoms with van der Waals surface area (Å²) in [6, 6.07) is 7.68. The summed E-state index contributed by atoms with van der Waals surface area (Å²) in [6.07, 6.45) is 1.55. The molecule has 0 amide bonds.